The topological polar surface area (TPSA) is 110 Å². The molecule has 3 N–H and O–H groups in total. The van der Waals surface area contributed by atoms with Crippen LogP contribution in [0.25, 0.3) is 0 Å². The van der Waals surface area contributed by atoms with Crippen LogP contribution in [0.4, 0.5) is 4.79 Å². The Kier molecular flexibility index (Phi) is 6.39. The summed E-state index contributed by atoms with van der Waals surface area (Å²) < 4.78 is 4.76. The van der Waals surface area contributed by atoms with E-state index in [9.17, 15) is 14.4 Å². The number of esters is 1. The van der Waals surface area contributed by atoms with E-state index in [0.717, 1.165) is 4.90 Å². The van der Waals surface area contributed by atoms with Crippen molar-refractivity contribution in [2.75, 3.05) is 19.7 Å². The van der Waals surface area contributed by atoms with Crippen LogP contribution in [0.1, 0.15) is 13.3 Å². The largest absolute Gasteiger partial charge is 0.481 e. The maximum atomic E-state index is 11.0. The SMILES string of the molecule is C=C(C)C(=O)OCCN(CCC(=O)O)C(N)=O. The molecule has 0 aromatic carbocycles. The van der Waals surface area contributed by atoms with Crippen molar-refractivity contribution in [2.24, 2.45) is 5.73 Å². The Bertz CT molecular complexity index is 327. The number of hydrogen-bond donors (Lipinski definition) is 2. The molecule has 0 heterocycles. The van der Waals surface area contributed by atoms with Crippen molar-refractivity contribution in [3.8, 4) is 0 Å². The van der Waals surface area contributed by atoms with Gasteiger partial charge in [0.1, 0.15) is 6.61 Å². The number of rotatable bonds is 7. The van der Waals surface area contributed by atoms with Gasteiger partial charge in [-0.1, -0.05) is 6.58 Å². The van der Waals surface area contributed by atoms with Crippen molar-refractivity contribution in [2.45, 2.75) is 13.3 Å². The highest BCUT2D eigenvalue weighted by molar-refractivity contribution is 5.86. The molecule has 96 valence electrons. The zero-order valence-electron chi connectivity index (χ0n) is 9.64. The highest BCUT2D eigenvalue weighted by atomic mass is 16.5. The molecule has 0 aliphatic rings. The van der Waals surface area contributed by atoms with Gasteiger partial charge in [0.05, 0.1) is 13.0 Å². The van der Waals surface area contributed by atoms with Crippen LogP contribution in [0, 0.1) is 0 Å². The van der Waals surface area contributed by atoms with E-state index in [2.05, 4.69) is 6.58 Å². The second-order valence-electron chi connectivity index (χ2n) is 3.39. The maximum Gasteiger partial charge on any atom is 0.333 e. The molecular formula is C10H16N2O5. The summed E-state index contributed by atoms with van der Waals surface area (Å²) in [6, 6.07) is -0.752. The van der Waals surface area contributed by atoms with E-state index in [1.54, 1.807) is 0 Å². The van der Waals surface area contributed by atoms with Gasteiger partial charge < -0.3 is 20.5 Å². The number of aliphatic carboxylic acids is 1. The van der Waals surface area contributed by atoms with Crippen LogP contribution in [0.2, 0.25) is 0 Å². The molecule has 0 aromatic rings. The van der Waals surface area contributed by atoms with E-state index in [0.29, 0.717) is 0 Å². The van der Waals surface area contributed by atoms with Gasteiger partial charge in [0, 0.05) is 12.1 Å². The van der Waals surface area contributed by atoms with Gasteiger partial charge in [0.15, 0.2) is 0 Å². The summed E-state index contributed by atoms with van der Waals surface area (Å²) in [5.74, 6) is -1.59. The zero-order valence-corrected chi connectivity index (χ0v) is 9.64. The van der Waals surface area contributed by atoms with Gasteiger partial charge in [-0.3, -0.25) is 4.79 Å². The molecule has 2 amide bonds. The summed E-state index contributed by atoms with van der Waals surface area (Å²) in [4.78, 5) is 33.3. The van der Waals surface area contributed by atoms with E-state index >= 15 is 0 Å². The molecule has 0 aromatic heterocycles. The molecule has 0 radical (unpaired) electrons. The normalized spacial score (nSPS) is 9.47. The third-order valence-electron chi connectivity index (χ3n) is 1.85. The lowest BCUT2D eigenvalue weighted by Gasteiger charge is -2.19. The number of carbonyl (C=O) groups is 3. The number of carboxylic acid groups (broad SMARTS) is 1. The Hall–Kier alpha value is -2.05. The molecule has 0 saturated heterocycles. The van der Waals surface area contributed by atoms with Crippen molar-refractivity contribution >= 4 is 18.0 Å². The summed E-state index contributed by atoms with van der Waals surface area (Å²) in [6.07, 6.45) is -0.211. The summed E-state index contributed by atoms with van der Waals surface area (Å²) in [5.41, 5.74) is 5.29. The van der Waals surface area contributed by atoms with Gasteiger partial charge >= 0.3 is 18.0 Å². The smallest absolute Gasteiger partial charge is 0.333 e. The zero-order chi connectivity index (χ0) is 13.4. The molecule has 7 heteroatoms. The monoisotopic (exact) mass is 244 g/mol. The Labute approximate surface area is 98.8 Å². The number of nitrogens with zero attached hydrogens (tertiary/aromatic N) is 1. The van der Waals surface area contributed by atoms with Gasteiger partial charge in [-0.2, -0.15) is 0 Å². The molecule has 0 fully saturated rings. The van der Waals surface area contributed by atoms with Gasteiger partial charge in [-0.15, -0.1) is 0 Å². The Morgan fingerprint density at radius 1 is 1.35 bits per heavy atom. The first kappa shape index (κ1) is 14.9. The number of nitrogens with two attached hydrogens (primary N) is 1. The molecule has 0 unspecified atom stereocenters. The maximum absolute atomic E-state index is 11.0. The van der Waals surface area contributed by atoms with Crippen molar-refractivity contribution in [3.05, 3.63) is 12.2 Å². The summed E-state index contributed by atoms with van der Waals surface area (Å²) in [5, 5.41) is 8.45. The number of amides is 2. The molecule has 0 spiro atoms. The molecule has 7 nitrogen and oxygen atoms in total. The van der Waals surface area contributed by atoms with Crippen molar-refractivity contribution in [1.29, 1.82) is 0 Å². The predicted octanol–water partition coefficient (Wildman–Crippen LogP) is -0.0389. The molecule has 0 aliphatic heterocycles. The summed E-state index contributed by atoms with van der Waals surface area (Å²) in [6.45, 7) is 4.88. The van der Waals surface area contributed by atoms with Crippen LogP contribution in [0.5, 0.6) is 0 Å². The molecule has 17 heavy (non-hydrogen) atoms. The van der Waals surface area contributed by atoms with Gasteiger partial charge in [0.25, 0.3) is 0 Å². The van der Waals surface area contributed by atoms with Crippen LogP contribution < -0.4 is 5.73 Å². The lowest BCUT2D eigenvalue weighted by Crippen LogP contribution is -2.39. The first-order valence-electron chi connectivity index (χ1n) is 4.93. The molecule has 0 aliphatic carbocycles. The number of primary amides is 1. The fourth-order valence-electron chi connectivity index (χ4n) is 0.935. The van der Waals surface area contributed by atoms with Crippen LogP contribution in [-0.4, -0.2) is 47.7 Å². The van der Waals surface area contributed by atoms with Gasteiger partial charge in [-0.05, 0) is 6.92 Å². The Balaban J connectivity index is 4.01. The number of carbonyl (C=O) groups excluding carboxylic acids is 2. The van der Waals surface area contributed by atoms with E-state index in [4.69, 9.17) is 15.6 Å². The van der Waals surface area contributed by atoms with Crippen molar-refractivity contribution < 1.29 is 24.2 Å². The average molecular weight is 244 g/mol. The fourth-order valence-corrected chi connectivity index (χ4v) is 0.935. The quantitative estimate of drug-likeness (QED) is 0.482. The van der Waals surface area contributed by atoms with Gasteiger partial charge in [0.2, 0.25) is 0 Å². The summed E-state index contributed by atoms with van der Waals surface area (Å²) >= 11 is 0. The van der Waals surface area contributed by atoms with Crippen LogP contribution >= 0.6 is 0 Å². The third-order valence-corrected chi connectivity index (χ3v) is 1.85. The van der Waals surface area contributed by atoms with Crippen molar-refractivity contribution in [3.63, 3.8) is 0 Å². The first-order valence-corrected chi connectivity index (χ1v) is 4.93. The minimum Gasteiger partial charge on any atom is -0.481 e. The van der Waals surface area contributed by atoms with Crippen LogP contribution in [0.3, 0.4) is 0 Å². The standard InChI is InChI=1S/C10H16N2O5/c1-7(2)9(15)17-6-5-12(10(11)16)4-3-8(13)14/h1,3-6H2,2H3,(H2,11,16)(H,13,14). The molecular weight excluding hydrogens is 228 g/mol. The minimum absolute atomic E-state index is 0.0186. The molecule has 0 saturated carbocycles. The number of carboxylic acids is 1. The van der Waals surface area contributed by atoms with Crippen molar-refractivity contribution in [1.82, 2.24) is 4.90 Å². The molecule has 0 bridgehead atoms. The van der Waals surface area contributed by atoms with E-state index in [1.165, 1.54) is 6.92 Å². The number of hydrogen-bond acceptors (Lipinski definition) is 4. The first-order chi connectivity index (χ1) is 7.84. The lowest BCUT2D eigenvalue weighted by atomic mass is 10.3. The average Bonchev–Trinajstić information content (AvgIpc) is 2.21. The Morgan fingerprint density at radius 2 is 1.94 bits per heavy atom. The predicted molar refractivity (Wildman–Crippen MR) is 59.2 cm³/mol. The Morgan fingerprint density at radius 3 is 2.35 bits per heavy atom. The van der Waals surface area contributed by atoms with Gasteiger partial charge in [-0.25, -0.2) is 9.59 Å². The molecule has 0 atom stereocenters. The van der Waals surface area contributed by atoms with E-state index in [-0.39, 0.29) is 31.7 Å². The highest BCUT2D eigenvalue weighted by Crippen LogP contribution is 1.95. The number of urea groups is 1. The summed E-state index contributed by atoms with van der Waals surface area (Å²) in [7, 11) is 0. The second kappa shape index (κ2) is 7.26. The highest BCUT2D eigenvalue weighted by Gasteiger charge is 2.12. The second-order valence-corrected chi connectivity index (χ2v) is 3.39. The van der Waals surface area contributed by atoms with E-state index in [1.807, 2.05) is 0 Å². The minimum atomic E-state index is -1.03. The van der Waals surface area contributed by atoms with E-state index < -0.39 is 18.0 Å². The lowest BCUT2D eigenvalue weighted by molar-refractivity contribution is -0.140. The van der Waals surface area contributed by atoms with Crippen LogP contribution in [0.15, 0.2) is 12.2 Å². The fraction of sp³-hybridized carbons (Fsp3) is 0.500. The number of ether oxygens (including phenoxy) is 1. The molecule has 0 rings (SSSR count). The third kappa shape index (κ3) is 6.93. The van der Waals surface area contributed by atoms with Crippen LogP contribution in [-0.2, 0) is 14.3 Å².